The van der Waals surface area contributed by atoms with Crippen LogP contribution in [0.15, 0.2) is 12.1 Å². The quantitative estimate of drug-likeness (QED) is 0.708. The lowest BCUT2D eigenvalue weighted by Crippen LogP contribution is -2.27. The van der Waals surface area contributed by atoms with Crippen molar-refractivity contribution in [1.29, 1.82) is 0 Å². The fourth-order valence-corrected chi connectivity index (χ4v) is 2.49. The molecule has 0 fully saturated rings. The number of ether oxygens (including phenoxy) is 3. The van der Waals surface area contributed by atoms with Gasteiger partial charge in [-0.1, -0.05) is 13.8 Å². The second-order valence-electron chi connectivity index (χ2n) is 5.09. The monoisotopic (exact) mass is 294 g/mol. The Balaban J connectivity index is 1.79. The Bertz CT molecular complexity index is 447. The summed E-state index contributed by atoms with van der Waals surface area (Å²) >= 11 is 0. The van der Waals surface area contributed by atoms with Crippen LogP contribution in [0.5, 0.6) is 17.2 Å². The van der Waals surface area contributed by atoms with Gasteiger partial charge in [0.15, 0.2) is 11.5 Å². The molecule has 0 aliphatic carbocycles. The van der Waals surface area contributed by atoms with Gasteiger partial charge in [0, 0.05) is 6.54 Å². The highest BCUT2D eigenvalue weighted by molar-refractivity contribution is 5.55. The molecule has 2 rings (SSSR count). The Kier molecular flexibility index (Phi) is 6.14. The molecule has 0 spiro atoms. The van der Waals surface area contributed by atoms with Crippen LogP contribution in [0.3, 0.4) is 0 Å². The maximum atomic E-state index is 5.43. The standard InChI is InChI=1S/C16H26N2O3/c1-4-18(5-2)8-6-7-17-11-13-9-14(19-3)16-15(10-13)20-12-21-16/h9-10,17H,4-8,11-12H2,1-3H3. The molecule has 0 bridgehead atoms. The molecule has 1 heterocycles. The number of benzene rings is 1. The van der Waals surface area contributed by atoms with Gasteiger partial charge in [-0.05, 0) is 50.3 Å². The third-order valence-electron chi connectivity index (χ3n) is 3.77. The number of fused-ring (bicyclic) bond motifs is 1. The SMILES string of the molecule is CCN(CC)CCCNCc1cc(OC)c2c(c1)OCO2. The molecule has 0 unspecified atom stereocenters. The van der Waals surface area contributed by atoms with Crippen LogP contribution >= 0.6 is 0 Å². The van der Waals surface area contributed by atoms with Gasteiger partial charge in [0.2, 0.25) is 12.5 Å². The van der Waals surface area contributed by atoms with Crippen LogP contribution in [0.2, 0.25) is 0 Å². The molecule has 1 aromatic rings. The molecule has 1 N–H and O–H groups in total. The Morgan fingerprint density at radius 2 is 2.05 bits per heavy atom. The summed E-state index contributed by atoms with van der Waals surface area (Å²) in [6.45, 7) is 9.88. The largest absolute Gasteiger partial charge is 0.493 e. The van der Waals surface area contributed by atoms with Crippen molar-refractivity contribution in [3.63, 3.8) is 0 Å². The number of nitrogens with zero attached hydrogens (tertiary/aromatic N) is 1. The van der Waals surface area contributed by atoms with Gasteiger partial charge in [-0.15, -0.1) is 0 Å². The third kappa shape index (κ3) is 4.25. The number of nitrogens with one attached hydrogen (secondary N) is 1. The average Bonchev–Trinajstić information content (AvgIpc) is 2.98. The summed E-state index contributed by atoms with van der Waals surface area (Å²) in [7, 11) is 1.65. The molecule has 0 radical (unpaired) electrons. The van der Waals surface area contributed by atoms with Crippen LogP contribution in [-0.2, 0) is 6.54 Å². The summed E-state index contributed by atoms with van der Waals surface area (Å²) in [4.78, 5) is 2.44. The normalized spacial score (nSPS) is 13.0. The first-order valence-electron chi connectivity index (χ1n) is 7.68. The molecule has 0 aromatic heterocycles. The minimum Gasteiger partial charge on any atom is -0.493 e. The molecule has 21 heavy (non-hydrogen) atoms. The molecule has 118 valence electrons. The zero-order valence-corrected chi connectivity index (χ0v) is 13.3. The van der Waals surface area contributed by atoms with E-state index in [1.807, 2.05) is 12.1 Å². The molecule has 1 aliphatic rings. The molecule has 0 amide bonds. The Morgan fingerprint density at radius 3 is 2.76 bits per heavy atom. The van der Waals surface area contributed by atoms with Crippen LogP contribution < -0.4 is 19.5 Å². The average molecular weight is 294 g/mol. The van der Waals surface area contributed by atoms with Gasteiger partial charge in [0.1, 0.15) is 0 Å². The number of hydrogen-bond acceptors (Lipinski definition) is 5. The molecule has 5 heteroatoms. The zero-order chi connectivity index (χ0) is 15.1. The summed E-state index contributed by atoms with van der Waals surface area (Å²) in [6.07, 6.45) is 1.16. The number of hydrogen-bond donors (Lipinski definition) is 1. The maximum Gasteiger partial charge on any atom is 0.231 e. The summed E-state index contributed by atoms with van der Waals surface area (Å²) in [5.74, 6) is 2.22. The van der Waals surface area contributed by atoms with E-state index in [0.29, 0.717) is 5.75 Å². The van der Waals surface area contributed by atoms with E-state index in [0.717, 1.165) is 56.2 Å². The summed E-state index contributed by atoms with van der Waals surface area (Å²) in [6, 6.07) is 4.02. The summed E-state index contributed by atoms with van der Waals surface area (Å²) in [5.41, 5.74) is 1.15. The number of rotatable bonds is 9. The summed E-state index contributed by atoms with van der Waals surface area (Å²) in [5, 5.41) is 3.47. The molecule has 5 nitrogen and oxygen atoms in total. The Hall–Kier alpha value is -1.46. The lowest BCUT2D eigenvalue weighted by Gasteiger charge is -2.17. The molecule has 0 saturated carbocycles. The van der Waals surface area contributed by atoms with Crippen LogP contribution in [0.25, 0.3) is 0 Å². The van der Waals surface area contributed by atoms with E-state index in [1.165, 1.54) is 0 Å². The van der Waals surface area contributed by atoms with Crippen molar-refractivity contribution in [3.8, 4) is 17.2 Å². The van der Waals surface area contributed by atoms with Crippen molar-refractivity contribution < 1.29 is 14.2 Å². The van der Waals surface area contributed by atoms with Crippen molar-refractivity contribution in [2.45, 2.75) is 26.8 Å². The highest BCUT2D eigenvalue weighted by atomic mass is 16.7. The van der Waals surface area contributed by atoms with E-state index in [-0.39, 0.29) is 6.79 Å². The van der Waals surface area contributed by atoms with E-state index < -0.39 is 0 Å². The molecule has 0 saturated heterocycles. The van der Waals surface area contributed by atoms with Crippen molar-refractivity contribution in [2.75, 3.05) is 40.1 Å². The van der Waals surface area contributed by atoms with Gasteiger partial charge in [0.05, 0.1) is 7.11 Å². The highest BCUT2D eigenvalue weighted by Gasteiger charge is 2.19. The lowest BCUT2D eigenvalue weighted by molar-refractivity contribution is 0.171. The highest BCUT2D eigenvalue weighted by Crippen LogP contribution is 2.41. The van der Waals surface area contributed by atoms with Gasteiger partial charge in [-0.25, -0.2) is 0 Å². The van der Waals surface area contributed by atoms with E-state index in [2.05, 4.69) is 24.1 Å². The van der Waals surface area contributed by atoms with Crippen molar-refractivity contribution in [3.05, 3.63) is 17.7 Å². The lowest BCUT2D eigenvalue weighted by atomic mass is 10.2. The molecular formula is C16H26N2O3. The molecular weight excluding hydrogens is 268 g/mol. The first-order valence-corrected chi connectivity index (χ1v) is 7.68. The van der Waals surface area contributed by atoms with Crippen LogP contribution in [0.1, 0.15) is 25.8 Å². The van der Waals surface area contributed by atoms with E-state index in [9.17, 15) is 0 Å². The van der Waals surface area contributed by atoms with Crippen molar-refractivity contribution >= 4 is 0 Å². The zero-order valence-electron chi connectivity index (χ0n) is 13.3. The molecule has 1 aromatic carbocycles. The van der Waals surface area contributed by atoms with Gasteiger partial charge in [-0.3, -0.25) is 0 Å². The van der Waals surface area contributed by atoms with Gasteiger partial charge in [-0.2, -0.15) is 0 Å². The fraction of sp³-hybridized carbons (Fsp3) is 0.625. The van der Waals surface area contributed by atoms with Crippen molar-refractivity contribution in [1.82, 2.24) is 10.2 Å². The van der Waals surface area contributed by atoms with Crippen LogP contribution in [-0.4, -0.2) is 45.0 Å². The molecule has 1 aliphatic heterocycles. The van der Waals surface area contributed by atoms with E-state index >= 15 is 0 Å². The summed E-state index contributed by atoms with van der Waals surface area (Å²) < 4.78 is 16.2. The second-order valence-corrected chi connectivity index (χ2v) is 5.09. The second kappa shape index (κ2) is 8.10. The van der Waals surface area contributed by atoms with Crippen LogP contribution in [0.4, 0.5) is 0 Å². The first kappa shape index (κ1) is 15.9. The van der Waals surface area contributed by atoms with Crippen LogP contribution in [0, 0.1) is 0 Å². The van der Waals surface area contributed by atoms with Gasteiger partial charge in [0.25, 0.3) is 0 Å². The van der Waals surface area contributed by atoms with Gasteiger partial charge < -0.3 is 24.4 Å². The predicted octanol–water partition coefficient (Wildman–Crippen LogP) is 2.25. The predicted molar refractivity (Wildman–Crippen MR) is 83.2 cm³/mol. The maximum absolute atomic E-state index is 5.43. The first-order chi connectivity index (χ1) is 10.3. The molecule has 0 atom stereocenters. The topological polar surface area (TPSA) is 43.0 Å². The van der Waals surface area contributed by atoms with Gasteiger partial charge >= 0.3 is 0 Å². The Morgan fingerprint density at radius 1 is 1.24 bits per heavy atom. The smallest absolute Gasteiger partial charge is 0.231 e. The van der Waals surface area contributed by atoms with Crippen molar-refractivity contribution in [2.24, 2.45) is 0 Å². The van der Waals surface area contributed by atoms with E-state index in [1.54, 1.807) is 7.11 Å². The Labute approximate surface area is 127 Å². The van der Waals surface area contributed by atoms with E-state index in [4.69, 9.17) is 14.2 Å². The minimum absolute atomic E-state index is 0.270. The third-order valence-corrected chi connectivity index (χ3v) is 3.77. The number of methoxy groups -OCH3 is 1. The fourth-order valence-electron chi connectivity index (χ4n) is 2.49. The minimum atomic E-state index is 0.270.